The minimum atomic E-state index is -0.315. The molecule has 10 heteroatoms. The Hall–Kier alpha value is -5.64. The summed E-state index contributed by atoms with van der Waals surface area (Å²) in [4.78, 5) is 22.2. The Bertz CT molecular complexity index is 1960. The lowest BCUT2D eigenvalue weighted by Gasteiger charge is -2.05. The molecule has 5 aromatic heterocycles. The first kappa shape index (κ1) is 22.5. The van der Waals surface area contributed by atoms with Gasteiger partial charge in [0.25, 0.3) is 5.91 Å². The van der Waals surface area contributed by atoms with E-state index in [-0.39, 0.29) is 11.7 Å². The second-order valence-electron chi connectivity index (χ2n) is 8.88. The van der Waals surface area contributed by atoms with Crippen LogP contribution in [0.4, 0.5) is 10.2 Å². The van der Waals surface area contributed by atoms with E-state index in [4.69, 9.17) is 10.1 Å². The SMILES string of the molecule is O=C(Nc1cn2nc(-c3c(-c4ccc(F)cc4)nc4ccccn34)ccc2n1)c1ccc(-c2cc[nH]n2)cc1. The first-order valence-corrected chi connectivity index (χ1v) is 12.1. The van der Waals surface area contributed by atoms with E-state index in [0.29, 0.717) is 28.4 Å². The molecule has 0 spiro atoms. The highest BCUT2D eigenvalue weighted by molar-refractivity contribution is 6.04. The molecule has 0 aliphatic heterocycles. The summed E-state index contributed by atoms with van der Waals surface area (Å²) in [5, 5.41) is 14.5. The average Bonchev–Trinajstić information content (AvgIpc) is 3.71. The van der Waals surface area contributed by atoms with Crippen molar-refractivity contribution < 1.29 is 9.18 Å². The number of aromatic amines is 1. The number of fused-ring (bicyclic) bond motifs is 2. The van der Waals surface area contributed by atoms with Crippen molar-refractivity contribution in [1.29, 1.82) is 0 Å². The average molecular weight is 515 g/mol. The van der Waals surface area contributed by atoms with Crippen LogP contribution in [0.25, 0.3) is 45.2 Å². The Kier molecular flexibility index (Phi) is 5.22. The summed E-state index contributed by atoms with van der Waals surface area (Å²) in [5.41, 5.74) is 6.37. The van der Waals surface area contributed by atoms with Crippen LogP contribution in [0, 0.1) is 5.82 Å². The molecule has 7 aromatic rings. The molecule has 0 bridgehead atoms. The van der Waals surface area contributed by atoms with Crippen LogP contribution in [-0.4, -0.2) is 40.1 Å². The number of hydrogen-bond acceptors (Lipinski definition) is 5. The fraction of sp³-hybridized carbons (Fsp3) is 0. The summed E-state index contributed by atoms with van der Waals surface area (Å²) in [6.07, 6.45) is 5.32. The van der Waals surface area contributed by atoms with Crippen LogP contribution < -0.4 is 5.32 Å². The first-order valence-electron chi connectivity index (χ1n) is 12.1. The normalized spacial score (nSPS) is 11.3. The van der Waals surface area contributed by atoms with Crippen molar-refractivity contribution in [3.63, 3.8) is 0 Å². The molecule has 7 rings (SSSR count). The van der Waals surface area contributed by atoms with E-state index in [2.05, 4.69) is 20.5 Å². The van der Waals surface area contributed by atoms with Crippen LogP contribution in [0.2, 0.25) is 0 Å². The molecule has 0 aliphatic carbocycles. The van der Waals surface area contributed by atoms with Crippen molar-refractivity contribution in [1.82, 2.24) is 34.2 Å². The molecule has 9 nitrogen and oxygen atoms in total. The van der Waals surface area contributed by atoms with Crippen LogP contribution in [-0.2, 0) is 0 Å². The monoisotopic (exact) mass is 514 g/mol. The number of carbonyl (C=O) groups is 1. The van der Waals surface area contributed by atoms with Crippen molar-refractivity contribution in [3.8, 4) is 33.9 Å². The quantitative estimate of drug-likeness (QED) is 0.316. The van der Waals surface area contributed by atoms with Gasteiger partial charge in [0.1, 0.15) is 22.9 Å². The van der Waals surface area contributed by atoms with E-state index < -0.39 is 0 Å². The van der Waals surface area contributed by atoms with Gasteiger partial charge in [0, 0.05) is 29.1 Å². The van der Waals surface area contributed by atoms with Gasteiger partial charge in [-0.1, -0.05) is 18.2 Å². The third kappa shape index (κ3) is 4.09. The Morgan fingerprint density at radius 3 is 2.44 bits per heavy atom. The van der Waals surface area contributed by atoms with Gasteiger partial charge < -0.3 is 5.32 Å². The Morgan fingerprint density at radius 1 is 0.821 bits per heavy atom. The van der Waals surface area contributed by atoms with Crippen molar-refractivity contribution in [3.05, 3.63) is 115 Å². The third-order valence-electron chi connectivity index (χ3n) is 6.40. The van der Waals surface area contributed by atoms with Gasteiger partial charge in [-0.05, 0) is 66.7 Å². The lowest BCUT2D eigenvalue weighted by molar-refractivity contribution is 0.102. The molecule has 5 heterocycles. The fourth-order valence-corrected chi connectivity index (χ4v) is 4.52. The molecule has 39 heavy (non-hydrogen) atoms. The molecular formula is C29H19FN8O. The number of benzene rings is 2. The van der Waals surface area contributed by atoms with Gasteiger partial charge >= 0.3 is 0 Å². The number of carbonyl (C=O) groups excluding carboxylic acids is 1. The predicted molar refractivity (Wildman–Crippen MR) is 145 cm³/mol. The smallest absolute Gasteiger partial charge is 0.256 e. The van der Waals surface area contributed by atoms with Gasteiger partial charge in [-0.25, -0.2) is 18.9 Å². The summed E-state index contributed by atoms with van der Waals surface area (Å²) in [6.45, 7) is 0. The second-order valence-corrected chi connectivity index (χ2v) is 8.88. The summed E-state index contributed by atoms with van der Waals surface area (Å²) in [5.74, 6) is -0.226. The van der Waals surface area contributed by atoms with Gasteiger partial charge in [-0.3, -0.25) is 14.3 Å². The molecule has 0 aliphatic rings. The topological polar surface area (TPSA) is 105 Å². The molecule has 2 aromatic carbocycles. The van der Waals surface area contributed by atoms with Crippen molar-refractivity contribution in [2.45, 2.75) is 0 Å². The van der Waals surface area contributed by atoms with E-state index in [0.717, 1.165) is 28.2 Å². The summed E-state index contributed by atoms with van der Waals surface area (Å²) in [7, 11) is 0. The van der Waals surface area contributed by atoms with E-state index in [1.54, 1.807) is 41.2 Å². The Balaban J connectivity index is 1.21. The lowest BCUT2D eigenvalue weighted by atomic mass is 10.1. The highest BCUT2D eigenvalue weighted by Crippen LogP contribution is 2.32. The highest BCUT2D eigenvalue weighted by atomic mass is 19.1. The number of amides is 1. The molecule has 0 atom stereocenters. The minimum absolute atomic E-state index is 0.285. The molecule has 0 saturated heterocycles. The molecule has 188 valence electrons. The lowest BCUT2D eigenvalue weighted by Crippen LogP contribution is -2.11. The number of anilines is 1. The summed E-state index contributed by atoms with van der Waals surface area (Å²) < 4.78 is 17.2. The van der Waals surface area contributed by atoms with E-state index >= 15 is 0 Å². The third-order valence-corrected chi connectivity index (χ3v) is 6.40. The Labute approximate surface area is 220 Å². The molecule has 2 N–H and O–H groups in total. The zero-order chi connectivity index (χ0) is 26.3. The summed E-state index contributed by atoms with van der Waals surface area (Å²) in [6, 6.07) is 24.7. The van der Waals surface area contributed by atoms with Gasteiger partial charge in [0.2, 0.25) is 0 Å². The number of halogens is 1. The molecule has 0 unspecified atom stereocenters. The van der Waals surface area contributed by atoms with E-state index in [9.17, 15) is 9.18 Å². The first-order chi connectivity index (χ1) is 19.1. The van der Waals surface area contributed by atoms with Crippen LogP contribution in [0.3, 0.4) is 0 Å². The molecule has 0 fully saturated rings. The maximum absolute atomic E-state index is 13.6. The molecule has 0 radical (unpaired) electrons. The van der Waals surface area contributed by atoms with Crippen LogP contribution in [0.15, 0.2) is 104 Å². The van der Waals surface area contributed by atoms with Crippen LogP contribution in [0.5, 0.6) is 0 Å². The number of pyridine rings is 1. The highest BCUT2D eigenvalue weighted by Gasteiger charge is 2.18. The van der Waals surface area contributed by atoms with Crippen molar-refractivity contribution in [2.24, 2.45) is 0 Å². The minimum Gasteiger partial charge on any atom is -0.305 e. The van der Waals surface area contributed by atoms with Crippen molar-refractivity contribution in [2.75, 3.05) is 5.32 Å². The zero-order valence-electron chi connectivity index (χ0n) is 20.3. The van der Waals surface area contributed by atoms with Crippen molar-refractivity contribution >= 4 is 23.0 Å². The number of H-pyrrole nitrogens is 1. The van der Waals surface area contributed by atoms with Gasteiger partial charge in [0.05, 0.1) is 17.6 Å². The van der Waals surface area contributed by atoms with Crippen LogP contribution in [0.1, 0.15) is 10.4 Å². The predicted octanol–water partition coefficient (Wildman–Crippen LogP) is 5.49. The standard InChI is InChI=1S/C29H19FN8O/c30-21-10-8-19(9-11-21)27-28(37-16-2-1-3-25(37)34-27)23-12-13-26-32-24(17-38(26)36-23)33-29(39)20-6-4-18(5-7-20)22-14-15-31-35-22/h1-17H,(H,31,35)(H,33,39). The Morgan fingerprint density at radius 2 is 1.64 bits per heavy atom. The number of imidazole rings is 2. The largest absolute Gasteiger partial charge is 0.305 e. The summed E-state index contributed by atoms with van der Waals surface area (Å²) >= 11 is 0. The molecule has 1 amide bonds. The maximum Gasteiger partial charge on any atom is 0.256 e. The van der Waals surface area contributed by atoms with Gasteiger partial charge in [0.15, 0.2) is 11.5 Å². The fourth-order valence-electron chi connectivity index (χ4n) is 4.52. The molecular weight excluding hydrogens is 495 g/mol. The number of hydrogen-bond donors (Lipinski definition) is 2. The maximum atomic E-state index is 13.6. The van der Waals surface area contributed by atoms with E-state index in [1.165, 1.54) is 12.1 Å². The van der Waals surface area contributed by atoms with E-state index in [1.807, 2.05) is 59.1 Å². The van der Waals surface area contributed by atoms with Crippen LogP contribution >= 0.6 is 0 Å². The number of nitrogens with one attached hydrogen (secondary N) is 2. The van der Waals surface area contributed by atoms with Gasteiger partial charge in [-0.15, -0.1) is 0 Å². The van der Waals surface area contributed by atoms with Gasteiger partial charge in [-0.2, -0.15) is 10.2 Å². The molecule has 0 saturated carbocycles. The zero-order valence-corrected chi connectivity index (χ0v) is 20.3. The number of rotatable bonds is 5. The number of aromatic nitrogens is 7. The number of nitrogens with zero attached hydrogens (tertiary/aromatic N) is 6. The second kappa shape index (κ2) is 9.03.